The summed E-state index contributed by atoms with van der Waals surface area (Å²) in [5.41, 5.74) is 4.27. The standard InChI is InChI=1S/C23H33NO6/c1-21-12(8-16(25)19(24)20(21)28)3-4-14-15(21)9-17(26)22(2)13(5-6-23(14,22)29)11-7-18(27)30-10-11/h7,12-17,19,25-26,29H,3-6,8-10,24H2,1-2H3/t12-,13-,14-,15+,16+,17-,19?,21+,22+,23+/m1/s1. The monoisotopic (exact) mass is 419 g/mol. The largest absolute Gasteiger partial charge is 0.458 e. The van der Waals surface area contributed by atoms with Crippen LogP contribution in [0.25, 0.3) is 0 Å². The van der Waals surface area contributed by atoms with E-state index in [2.05, 4.69) is 0 Å². The van der Waals surface area contributed by atoms with E-state index in [-0.39, 0.29) is 42.0 Å². The Morgan fingerprint density at radius 2 is 1.83 bits per heavy atom. The minimum absolute atomic E-state index is 0.0157. The number of cyclic esters (lactones) is 1. The number of aliphatic hydroxyl groups excluding tert-OH is 2. The summed E-state index contributed by atoms with van der Waals surface area (Å²) >= 11 is 0. The molecule has 4 fully saturated rings. The van der Waals surface area contributed by atoms with Gasteiger partial charge in [0.15, 0.2) is 5.78 Å². The Bertz CT molecular complexity index is 827. The van der Waals surface area contributed by atoms with Gasteiger partial charge in [-0.05, 0) is 67.8 Å². The molecule has 0 aromatic heterocycles. The van der Waals surface area contributed by atoms with E-state index in [9.17, 15) is 24.9 Å². The molecule has 7 nitrogen and oxygen atoms in total. The average Bonchev–Trinajstić information content (AvgIpc) is 3.24. The molecule has 0 amide bonds. The fourth-order valence-corrected chi connectivity index (χ4v) is 8.29. The molecule has 4 aliphatic carbocycles. The fraction of sp³-hybridized carbons (Fsp3) is 0.826. The van der Waals surface area contributed by atoms with Crippen LogP contribution in [0.2, 0.25) is 0 Å². The maximum absolute atomic E-state index is 13.3. The molecule has 7 heteroatoms. The molecular weight excluding hydrogens is 386 g/mol. The van der Waals surface area contributed by atoms with Gasteiger partial charge in [0.25, 0.3) is 0 Å². The summed E-state index contributed by atoms with van der Waals surface area (Å²) in [7, 11) is 0. The minimum atomic E-state index is -1.12. The van der Waals surface area contributed by atoms with Crippen molar-refractivity contribution < 1.29 is 29.6 Å². The summed E-state index contributed by atoms with van der Waals surface area (Å²) in [5.74, 6) is -0.900. The predicted octanol–water partition coefficient (Wildman–Crippen LogP) is 0.691. The first-order valence-corrected chi connectivity index (χ1v) is 11.3. The van der Waals surface area contributed by atoms with Crippen molar-refractivity contribution in [3.05, 3.63) is 11.6 Å². The van der Waals surface area contributed by atoms with Gasteiger partial charge in [-0.25, -0.2) is 4.79 Å². The molecule has 0 saturated heterocycles. The summed E-state index contributed by atoms with van der Waals surface area (Å²) in [4.78, 5) is 25.0. The van der Waals surface area contributed by atoms with Gasteiger partial charge in [-0.1, -0.05) is 13.8 Å². The van der Waals surface area contributed by atoms with Crippen molar-refractivity contribution >= 4 is 11.8 Å². The van der Waals surface area contributed by atoms with Crippen LogP contribution >= 0.6 is 0 Å². The van der Waals surface area contributed by atoms with Crippen LogP contribution in [0.1, 0.15) is 52.4 Å². The van der Waals surface area contributed by atoms with Crippen LogP contribution in [0, 0.1) is 34.5 Å². The number of carbonyl (C=O) groups excluding carboxylic acids is 2. The first kappa shape index (κ1) is 20.6. The number of fused-ring (bicyclic) bond motifs is 5. The highest BCUT2D eigenvalue weighted by Crippen LogP contribution is 2.69. The smallest absolute Gasteiger partial charge is 0.331 e. The fourth-order valence-electron chi connectivity index (χ4n) is 8.29. The first-order chi connectivity index (χ1) is 14.0. The number of rotatable bonds is 1. The lowest BCUT2D eigenvalue weighted by atomic mass is 9.42. The van der Waals surface area contributed by atoms with Gasteiger partial charge in [-0.2, -0.15) is 0 Å². The number of hydrogen-bond acceptors (Lipinski definition) is 7. The molecule has 0 bridgehead atoms. The third-order valence-electron chi connectivity index (χ3n) is 10.1. The highest BCUT2D eigenvalue weighted by molar-refractivity contribution is 5.91. The topological polar surface area (TPSA) is 130 Å². The van der Waals surface area contributed by atoms with Crippen molar-refractivity contribution in [1.82, 2.24) is 0 Å². The van der Waals surface area contributed by atoms with Crippen LogP contribution in [-0.4, -0.2) is 57.5 Å². The molecule has 1 aliphatic heterocycles. The molecule has 1 heterocycles. The van der Waals surface area contributed by atoms with E-state index in [1.54, 1.807) is 0 Å². The number of aliphatic hydroxyl groups is 3. The Kier molecular flexibility index (Phi) is 4.38. The maximum Gasteiger partial charge on any atom is 0.331 e. The number of ketones is 1. The Hall–Kier alpha value is -1.28. The molecule has 0 spiro atoms. The zero-order valence-corrected chi connectivity index (χ0v) is 17.7. The number of nitrogens with two attached hydrogens (primary N) is 1. The quantitative estimate of drug-likeness (QED) is 0.460. The molecule has 5 N–H and O–H groups in total. The third kappa shape index (κ3) is 2.30. The molecule has 4 saturated carbocycles. The van der Waals surface area contributed by atoms with Gasteiger partial charge in [0, 0.05) is 16.9 Å². The number of hydrogen-bond donors (Lipinski definition) is 4. The van der Waals surface area contributed by atoms with Crippen LogP contribution in [0.4, 0.5) is 0 Å². The molecule has 0 radical (unpaired) electrons. The molecule has 0 aromatic carbocycles. The van der Waals surface area contributed by atoms with Crippen molar-refractivity contribution in [2.75, 3.05) is 6.61 Å². The van der Waals surface area contributed by atoms with Crippen LogP contribution < -0.4 is 5.73 Å². The molecule has 1 unspecified atom stereocenters. The normalized spacial score (nSPS) is 55.4. The Labute approximate surface area is 176 Å². The molecule has 30 heavy (non-hydrogen) atoms. The second-order valence-corrected chi connectivity index (χ2v) is 10.8. The van der Waals surface area contributed by atoms with Gasteiger partial charge in [0.05, 0.1) is 23.9 Å². The highest BCUT2D eigenvalue weighted by Gasteiger charge is 2.72. The van der Waals surface area contributed by atoms with Crippen molar-refractivity contribution in [1.29, 1.82) is 0 Å². The third-order valence-corrected chi connectivity index (χ3v) is 10.1. The minimum Gasteiger partial charge on any atom is -0.458 e. The summed E-state index contributed by atoms with van der Waals surface area (Å²) in [5, 5.41) is 33.9. The van der Waals surface area contributed by atoms with Gasteiger partial charge in [-0.15, -0.1) is 0 Å². The molecule has 0 aromatic rings. The van der Waals surface area contributed by atoms with Crippen molar-refractivity contribution in [3.8, 4) is 0 Å². The van der Waals surface area contributed by atoms with Gasteiger partial charge in [0.1, 0.15) is 6.61 Å². The summed E-state index contributed by atoms with van der Waals surface area (Å²) < 4.78 is 5.12. The SMILES string of the molecule is C[C@]12C(=O)C(N)[C@@H](O)C[C@H]1CC[C@@H]1[C@@H]2C[C@@H](O)[C@]2(C)[C@@H](C3=CC(=O)OC3)CC[C@]12O. The zero-order chi connectivity index (χ0) is 21.6. The molecule has 5 rings (SSSR count). The van der Waals surface area contributed by atoms with Crippen LogP contribution in [0.15, 0.2) is 11.6 Å². The highest BCUT2D eigenvalue weighted by atomic mass is 16.5. The van der Waals surface area contributed by atoms with Crippen LogP contribution in [-0.2, 0) is 14.3 Å². The van der Waals surface area contributed by atoms with Gasteiger partial charge in [0.2, 0.25) is 0 Å². The second-order valence-electron chi connectivity index (χ2n) is 10.8. The summed E-state index contributed by atoms with van der Waals surface area (Å²) in [6, 6.07) is -0.909. The average molecular weight is 420 g/mol. The van der Waals surface area contributed by atoms with Gasteiger partial charge in [-0.3, -0.25) is 4.79 Å². The van der Waals surface area contributed by atoms with E-state index >= 15 is 0 Å². The van der Waals surface area contributed by atoms with E-state index < -0.39 is 34.7 Å². The van der Waals surface area contributed by atoms with Gasteiger partial charge < -0.3 is 25.8 Å². The number of ether oxygens (including phenoxy) is 1. The summed E-state index contributed by atoms with van der Waals surface area (Å²) in [6.45, 7) is 4.11. The Morgan fingerprint density at radius 1 is 1.10 bits per heavy atom. The summed E-state index contributed by atoms with van der Waals surface area (Å²) in [6.07, 6.45) is 3.54. The van der Waals surface area contributed by atoms with E-state index in [4.69, 9.17) is 10.5 Å². The van der Waals surface area contributed by atoms with Gasteiger partial charge >= 0.3 is 5.97 Å². The van der Waals surface area contributed by atoms with Crippen LogP contribution in [0.3, 0.4) is 0 Å². The number of carbonyl (C=O) groups is 2. The Morgan fingerprint density at radius 3 is 2.50 bits per heavy atom. The molecule has 10 atom stereocenters. The lowest BCUT2D eigenvalue weighted by molar-refractivity contribution is -0.241. The molecule has 166 valence electrons. The number of esters is 1. The van der Waals surface area contributed by atoms with Crippen molar-refractivity contribution in [2.24, 2.45) is 40.2 Å². The number of Topliss-reactive ketones (excluding diaryl/α,β-unsaturated/α-hetero) is 1. The molecule has 5 aliphatic rings. The maximum atomic E-state index is 13.3. The molecular formula is C23H33NO6. The lowest BCUT2D eigenvalue weighted by Gasteiger charge is -2.64. The predicted molar refractivity (Wildman–Crippen MR) is 107 cm³/mol. The van der Waals surface area contributed by atoms with Crippen molar-refractivity contribution in [3.63, 3.8) is 0 Å². The van der Waals surface area contributed by atoms with E-state index in [1.807, 2.05) is 13.8 Å². The second kappa shape index (κ2) is 6.37. The Balaban J connectivity index is 1.54. The van der Waals surface area contributed by atoms with E-state index in [0.29, 0.717) is 25.7 Å². The first-order valence-electron chi connectivity index (χ1n) is 11.3. The van der Waals surface area contributed by atoms with E-state index in [1.165, 1.54) is 6.08 Å². The van der Waals surface area contributed by atoms with E-state index in [0.717, 1.165) is 18.4 Å². The van der Waals surface area contributed by atoms with Crippen LogP contribution in [0.5, 0.6) is 0 Å². The zero-order valence-electron chi connectivity index (χ0n) is 17.7. The lowest BCUT2D eigenvalue weighted by Crippen LogP contribution is -2.70. The van der Waals surface area contributed by atoms with Crippen molar-refractivity contribution in [2.45, 2.75) is 76.2 Å².